The molecule has 7 heteroatoms. The fourth-order valence-corrected chi connectivity index (χ4v) is 4.90. The molecule has 36 heavy (non-hydrogen) atoms. The van der Waals surface area contributed by atoms with Crippen molar-refractivity contribution in [2.45, 2.75) is 44.4 Å². The Morgan fingerprint density at radius 1 is 0.861 bits per heavy atom. The van der Waals surface area contributed by atoms with Crippen molar-refractivity contribution in [3.63, 3.8) is 0 Å². The first kappa shape index (κ1) is 23.6. The minimum Gasteiger partial charge on any atom is -0.489 e. The Morgan fingerprint density at radius 3 is 2.17 bits per heavy atom. The van der Waals surface area contributed by atoms with Crippen LogP contribution in [-0.4, -0.2) is 34.8 Å². The van der Waals surface area contributed by atoms with Gasteiger partial charge in [-0.1, -0.05) is 73.5 Å². The molecule has 5 rings (SSSR count). The van der Waals surface area contributed by atoms with Gasteiger partial charge in [0.1, 0.15) is 24.4 Å². The van der Waals surface area contributed by atoms with E-state index < -0.39 is 11.6 Å². The second-order valence-corrected chi connectivity index (χ2v) is 9.34. The average molecular weight is 484 g/mol. The Labute approximate surface area is 210 Å². The van der Waals surface area contributed by atoms with E-state index in [4.69, 9.17) is 4.74 Å². The zero-order chi connectivity index (χ0) is 25.0. The third kappa shape index (κ3) is 4.96. The lowest BCUT2D eigenvalue weighted by Gasteiger charge is -2.25. The van der Waals surface area contributed by atoms with Crippen LogP contribution in [-0.2, 0) is 22.7 Å². The molecule has 3 aromatic carbocycles. The lowest BCUT2D eigenvalue weighted by atomic mass is 9.98. The number of amides is 4. The molecule has 0 bridgehead atoms. The third-order valence-corrected chi connectivity index (χ3v) is 6.88. The number of urea groups is 1. The summed E-state index contributed by atoms with van der Waals surface area (Å²) in [4.78, 5) is 41.8. The van der Waals surface area contributed by atoms with Gasteiger partial charge in [0, 0.05) is 5.69 Å². The number of hydrogen-bond donors (Lipinski definition) is 1. The van der Waals surface area contributed by atoms with Crippen molar-refractivity contribution in [2.75, 3.05) is 11.4 Å². The van der Waals surface area contributed by atoms with Gasteiger partial charge in [-0.25, -0.2) is 4.79 Å². The molecule has 0 radical (unpaired) electrons. The van der Waals surface area contributed by atoms with E-state index in [2.05, 4.69) is 5.32 Å². The molecule has 2 aliphatic rings. The predicted molar refractivity (Wildman–Crippen MR) is 136 cm³/mol. The maximum absolute atomic E-state index is 13.5. The normalized spacial score (nSPS) is 16.3. The highest BCUT2D eigenvalue weighted by Crippen LogP contribution is 2.35. The van der Waals surface area contributed by atoms with Crippen LogP contribution in [0.5, 0.6) is 5.75 Å². The molecule has 7 nitrogen and oxygen atoms in total. The number of carbonyl (C=O) groups excluding carboxylic acids is 3. The van der Waals surface area contributed by atoms with Crippen LogP contribution >= 0.6 is 0 Å². The molecule has 4 amide bonds. The maximum Gasteiger partial charge on any atom is 0.325 e. The van der Waals surface area contributed by atoms with Crippen LogP contribution in [0.3, 0.4) is 0 Å². The van der Waals surface area contributed by atoms with Crippen LogP contribution in [0.4, 0.5) is 10.5 Å². The van der Waals surface area contributed by atoms with Gasteiger partial charge in [-0.15, -0.1) is 0 Å². The Kier molecular flexibility index (Phi) is 6.71. The fourth-order valence-electron chi connectivity index (χ4n) is 4.90. The molecule has 1 heterocycles. The number of para-hydroxylation sites is 1. The van der Waals surface area contributed by atoms with Gasteiger partial charge in [0.25, 0.3) is 5.91 Å². The van der Waals surface area contributed by atoms with Crippen LogP contribution in [0.2, 0.25) is 0 Å². The van der Waals surface area contributed by atoms with Gasteiger partial charge in [-0.2, -0.15) is 0 Å². The van der Waals surface area contributed by atoms with Gasteiger partial charge in [0.2, 0.25) is 5.91 Å². The summed E-state index contributed by atoms with van der Waals surface area (Å²) in [6, 6.07) is 26.4. The number of benzene rings is 3. The summed E-state index contributed by atoms with van der Waals surface area (Å²) in [5.41, 5.74) is 1.87. The summed E-state index contributed by atoms with van der Waals surface area (Å²) in [5, 5.41) is 2.85. The molecule has 1 spiro atoms. The zero-order valence-electron chi connectivity index (χ0n) is 20.1. The minimum absolute atomic E-state index is 0.286. The molecule has 1 saturated heterocycles. The first-order valence-corrected chi connectivity index (χ1v) is 12.3. The van der Waals surface area contributed by atoms with Crippen LogP contribution < -0.4 is 15.0 Å². The molecular formula is C29H29N3O4. The minimum atomic E-state index is -0.829. The van der Waals surface area contributed by atoms with Crippen molar-refractivity contribution in [2.24, 2.45) is 0 Å². The SMILES string of the molecule is O=C1NC2(CCCC2)C(=O)N1CC(=O)N(Cc1ccc(OCc2ccccc2)cc1)c1ccccc1. The largest absolute Gasteiger partial charge is 0.489 e. The van der Waals surface area contributed by atoms with Crippen molar-refractivity contribution in [3.8, 4) is 5.75 Å². The highest BCUT2D eigenvalue weighted by Gasteiger charge is 2.52. The van der Waals surface area contributed by atoms with Gasteiger partial charge >= 0.3 is 6.03 Å². The predicted octanol–water partition coefficient (Wildman–Crippen LogP) is 4.66. The Hall–Kier alpha value is -4.13. The fraction of sp³-hybridized carbons (Fsp3) is 0.276. The monoisotopic (exact) mass is 483 g/mol. The van der Waals surface area contributed by atoms with Gasteiger partial charge in [-0.3, -0.25) is 14.5 Å². The summed E-state index contributed by atoms with van der Waals surface area (Å²) < 4.78 is 5.87. The number of nitrogens with one attached hydrogen (secondary N) is 1. The summed E-state index contributed by atoms with van der Waals surface area (Å²) in [6.45, 7) is 0.485. The molecule has 2 fully saturated rings. The van der Waals surface area contributed by atoms with Crippen molar-refractivity contribution in [1.29, 1.82) is 0 Å². The number of carbonyl (C=O) groups is 3. The number of anilines is 1. The highest BCUT2D eigenvalue weighted by molar-refractivity contribution is 6.10. The number of rotatable bonds is 8. The average Bonchev–Trinajstić information content (AvgIpc) is 3.48. The van der Waals surface area contributed by atoms with E-state index >= 15 is 0 Å². The van der Waals surface area contributed by atoms with Crippen LogP contribution in [0, 0.1) is 0 Å². The Morgan fingerprint density at radius 2 is 1.50 bits per heavy atom. The van der Waals surface area contributed by atoms with Crippen molar-refractivity contribution < 1.29 is 19.1 Å². The maximum atomic E-state index is 13.5. The lowest BCUT2D eigenvalue weighted by Crippen LogP contribution is -2.46. The van der Waals surface area contributed by atoms with Gasteiger partial charge < -0.3 is 15.0 Å². The second kappa shape index (κ2) is 10.2. The summed E-state index contributed by atoms with van der Waals surface area (Å²) in [7, 11) is 0. The molecule has 184 valence electrons. The molecular weight excluding hydrogens is 454 g/mol. The Balaban J connectivity index is 1.29. The van der Waals surface area contributed by atoms with Crippen LogP contribution in [0.1, 0.15) is 36.8 Å². The van der Waals surface area contributed by atoms with Crippen LogP contribution in [0.15, 0.2) is 84.9 Å². The van der Waals surface area contributed by atoms with Crippen molar-refractivity contribution >= 4 is 23.5 Å². The zero-order valence-corrected chi connectivity index (χ0v) is 20.1. The van der Waals surface area contributed by atoms with E-state index in [0.29, 0.717) is 31.7 Å². The molecule has 1 aliphatic heterocycles. The topological polar surface area (TPSA) is 79.0 Å². The molecule has 0 unspecified atom stereocenters. The van der Waals surface area contributed by atoms with E-state index in [9.17, 15) is 14.4 Å². The van der Waals surface area contributed by atoms with Gasteiger partial charge in [0.15, 0.2) is 0 Å². The van der Waals surface area contributed by atoms with E-state index in [1.54, 1.807) is 4.90 Å². The van der Waals surface area contributed by atoms with Gasteiger partial charge in [0.05, 0.1) is 6.54 Å². The summed E-state index contributed by atoms with van der Waals surface area (Å²) in [5.74, 6) is 0.136. The summed E-state index contributed by atoms with van der Waals surface area (Å²) >= 11 is 0. The van der Waals surface area contributed by atoms with E-state index in [0.717, 1.165) is 34.6 Å². The first-order chi connectivity index (χ1) is 17.5. The highest BCUT2D eigenvalue weighted by atomic mass is 16.5. The smallest absolute Gasteiger partial charge is 0.325 e. The Bertz CT molecular complexity index is 1220. The summed E-state index contributed by atoms with van der Waals surface area (Å²) in [6.07, 6.45) is 3.05. The van der Waals surface area contributed by atoms with E-state index in [1.807, 2.05) is 84.9 Å². The molecule has 1 N–H and O–H groups in total. The molecule has 1 aliphatic carbocycles. The lowest BCUT2D eigenvalue weighted by molar-refractivity contribution is -0.134. The van der Waals surface area contributed by atoms with Crippen molar-refractivity contribution in [3.05, 3.63) is 96.1 Å². The van der Waals surface area contributed by atoms with Gasteiger partial charge in [-0.05, 0) is 48.2 Å². The number of hydrogen-bond acceptors (Lipinski definition) is 4. The molecule has 0 aromatic heterocycles. The standard InChI is InChI=1S/C29H29N3O4/c33-26(20-32-27(34)29(30-28(32)35)17-7-8-18-29)31(24-11-5-2-6-12-24)19-22-13-15-25(16-14-22)36-21-23-9-3-1-4-10-23/h1-6,9-16H,7-8,17-21H2,(H,30,35). The van der Waals surface area contributed by atoms with E-state index in [-0.39, 0.29) is 18.4 Å². The third-order valence-electron chi connectivity index (χ3n) is 6.88. The first-order valence-electron chi connectivity index (χ1n) is 12.3. The molecule has 1 saturated carbocycles. The second-order valence-electron chi connectivity index (χ2n) is 9.34. The number of ether oxygens (including phenoxy) is 1. The number of nitrogens with zero attached hydrogens (tertiary/aromatic N) is 2. The van der Waals surface area contributed by atoms with Crippen LogP contribution in [0.25, 0.3) is 0 Å². The number of imide groups is 1. The van der Waals surface area contributed by atoms with Crippen molar-refractivity contribution in [1.82, 2.24) is 10.2 Å². The van der Waals surface area contributed by atoms with E-state index in [1.165, 1.54) is 0 Å². The molecule has 3 aromatic rings. The quantitative estimate of drug-likeness (QED) is 0.473. The molecule has 0 atom stereocenters.